The fourth-order valence-electron chi connectivity index (χ4n) is 3.46. The molecule has 0 spiro atoms. The summed E-state index contributed by atoms with van der Waals surface area (Å²) >= 11 is 0. The molecule has 1 aliphatic carbocycles. The van der Waals surface area contributed by atoms with E-state index in [-0.39, 0.29) is 17.3 Å². The molecule has 2 N–H and O–H groups in total. The Morgan fingerprint density at radius 3 is 2.36 bits per heavy atom. The number of benzene rings is 1. The molecular formula is C19H26O3. The van der Waals surface area contributed by atoms with Gasteiger partial charge in [-0.2, -0.15) is 0 Å². The monoisotopic (exact) mass is 302 g/mol. The third-order valence-corrected chi connectivity index (χ3v) is 4.81. The second kappa shape index (κ2) is 6.25. The fraction of sp³-hybridized carbons (Fsp3) is 0.526. The summed E-state index contributed by atoms with van der Waals surface area (Å²) in [4.78, 5) is 11.7. The summed E-state index contributed by atoms with van der Waals surface area (Å²) < 4.78 is 0. The maximum atomic E-state index is 11.7. The Balaban J connectivity index is 2.32. The molecule has 2 rings (SSSR count). The van der Waals surface area contributed by atoms with E-state index >= 15 is 0 Å². The number of carboxylic acid groups (broad SMARTS) is 1. The van der Waals surface area contributed by atoms with Gasteiger partial charge in [-0.1, -0.05) is 63.3 Å². The number of aliphatic hydroxyl groups is 1. The molecule has 0 saturated heterocycles. The van der Waals surface area contributed by atoms with Gasteiger partial charge in [-0.05, 0) is 29.7 Å². The van der Waals surface area contributed by atoms with E-state index in [0.717, 1.165) is 11.1 Å². The zero-order valence-corrected chi connectivity index (χ0v) is 13.6. The lowest BCUT2D eigenvalue weighted by molar-refractivity contribution is -0.143. The van der Waals surface area contributed by atoms with Gasteiger partial charge >= 0.3 is 5.97 Å². The first-order chi connectivity index (χ1) is 10.2. The van der Waals surface area contributed by atoms with Crippen molar-refractivity contribution in [2.45, 2.75) is 45.6 Å². The second-order valence-corrected chi connectivity index (χ2v) is 7.48. The van der Waals surface area contributed by atoms with Crippen LogP contribution in [-0.2, 0) is 4.79 Å². The highest BCUT2D eigenvalue weighted by atomic mass is 16.4. The van der Waals surface area contributed by atoms with Crippen molar-refractivity contribution in [3.05, 3.63) is 48.0 Å². The molecule has 1 aromatic carbocycles. The summed E-state index contributed by atoms with van der Waals surface area (Å²) in [6, 6.07) is 9.77. The number of hydrogen-bond donors (Lipinski definition) is 2. The van der Waals surface area contributed by atoms with E-state index in [9.17, 15) is 15.0 Å². The summed E-state index contributed by atoms with van der Waals surface area (Å²) in [7, 11) is 0. The maximum Gasteiger partial charge on any atom is 0.307 e. The van der Waals surface area contributed by atoms with E-state index in [0.29, 0.717) is 12.8 Å². The minimum absolute atomic E-state index is 0.0548. The van der Waals surface area contributed by atoms with E-state index in [1.54, 1.807) is 0 Å². The van der Waals surface area contributed by atoms with Gasteiger partial charge in [0.2, 0.25) is 0 Å². The maximum absolute atomic E-state index is 11.7. The predicted molar refractivity (Wildman–Crippen MR) is 87.6 cm³/mol. The molecule has 4 atom stereocenters. The fourth-order valence-corrected chi connectivity index (χ4v) is 3.46. The first-order valence-corrected chi connectivity index (χ1v) is 7.85. The predicted octanol–water partition coefficient (Wildman–Crippen LogP) is 3.84. The number of aliphatic carboxylic acids is 1. The number of carbonyl (C=O) groups is 1. The number of rotatable bonds is 3. The van der Waals surface area contributed by atoms with Gasteiger partial charge in [-0.25, -0.2) is 0 Å². The van der Waals surface area contributed by atoms with Crippen molar-refractivity contribution in [3.63, 3.8) is 0 Å². The van der Waals surface area contributed by atoms with Crippen LogP contribution in [0, 0.1) is 17.3 Å². The van der Waals surface area contributed by atoms with Crippen molar-refractivity contribution < 1.29 is 15.0 Å². The van der Waals surface area contributed by atoms with Crippen LogP contribution in [0.5, 0.6) is 0 Å². The van der Waals surface area contributed by atoms with E-state index in [1.165, 1.54) is 0 Å². The molecule has 1 aromatic rings. The molecule has 3 heteroatoms. The number of carboxylic acids is 1. The van der Waals surface area contributed by atoms with Crippen molar-refractivity contribution >= 4 is 5.97 Å². The lowest BCUT2D eigenvalue weighted by Gasteiger charge is -2.42. The lowest BCUT2D eigenvalue weighted by atomic mass is 9.64. The van der Waals surface area contributed by atoms with Crippen LogP contribution in [0.25, 0.3) is 0 Å². The highest BCUT2D eigenvalue weighted by Gasteiger charge is 2.42. The topological polar surface area (TPSA) is 57.5 Å². The van der Waals surface area contributed by atoms with Gasteiger partial charge in [0.15, 0.2) is 0 Å². The molecular weight excluding hydrogens is 276 g/mol. The van der Waals surface area contributed by atoms with Gasteiger partial charge < -0.3 is 10.2 Å². The Morgan fingerprint density at radius 2 is 1.86 bits per heavy atom. The second-order valence-electron chi connectivity index (χ2n) is 7.48. The standard InChI is InChI=1S/C19H26O3/c1-12-10-16(18(21)22)15(13-8-6-5-7-9-13)11-14(12)17(20)19(2,3)4/h5-9,14-17,20H,1,10-11H2,2-4H3,(H,21,22)/t14-,15-,16+,17+/m1/s1. The van der Waals surface area contributed by atoms with Gasteiger partial charge in [-0.15, -0.1) is 0 Å². The van der Waals surface area contributed by atoms with Crippen LogP contribution >= 0.6 is 0 Å². The molecule has 0 unspecified atom stereocenters. The van der Waals surface area contributed by atoms with Crippen molar-refractivity contribution in [2.24, 2.45) is 17.3 Å². The summed E-state index contributed by atoms with van der Waals surface area (Å²) in [5.41, 5.74) is 1.65. The smallest absolute Gasteiger partial charge is 0.307 e. The largest absolute Gasteiger partial charge is 0.481 e. The molecule has 1 saturated carbocycles. The van der Waals surface area contributed by atoms with E-state index < -0.39 is 18.0 Å². The minimum Gasteiger partial charge on any atom is -0.481 e. The molecule has 3 nitrogen and oxygen atoms in total. The molecule has 0 aliphatic heterocycles. The summed E-state index contributed by atoms with van der Waals surface area (Å²) in [6.07, 6.45) is 0.561. The highest BCUT2D eigenvalue weighted by Crippen LogP contribution is 2.46. The summed E-state index contributed by atoms with van der Waals surface area (Å²) in [5.74, 6) is -1.37. The molecule has 0 radical (unpaired) electrons. The minimum atomic E-state index is -0.779. The molecule has 0 heterocycles. The third-order valence-electron chi connectivity index (χ3n) is 4.81. The molecule has 1 aliphatic rings. The van der Waals surface area contributed by atoms with Crippen molar-refractivity contribution in [1.29, 1.82) is 0 Å². The number of hydrogen-bond acceptors (Lipinski definition) is 2. The van der Waals surface area contributed by atoms with Crippen LogP contribution in [0.15, 0.2) is 42.5 Å². The SMILES string of the molecule is C=C1C[C@H](C(=O)O)[C@@H](c2ccccc2)C[C@H]1[C@H](O)C(C)(C)C. The Kier molecular flexibility index (Phi) is 4.76. The molecule has 1 fully saturated rings. The quantitative estimate of drug-likeness (QED) is 0.834. The summed E-state index contributed by atoms with van der Waals surface area (Å²) in [6.45, 7) is 10.1. The first kappa shape index (κ1) is 16.8. The van der Waals surface area contributed by atoms with Gasteiger partial charge in [0.05, 0.1) is 12.0 Å². The van der Waals surface area contributed by atoms with Gasteiger partial charge in [0.25, 0.3) is 0 Å². The van der Waals surface area contributed by atoms with Crippen LogP contribution in [0.4, 0.5) is 0 Å². The van der Waals surface area contributed by atoms with Gasteiger partial charge in [-0.3, -0.25) is 4.79 Å². The molecule has 0 bridgehead atoms. The summed E-state index contributed by atoms with van der Waals surface area (Å²) in [5, 5.41) is 20.2. The Labute approximate surface area is 132 Å². The number of aliphatic hydroxyl groups excluding tert-OH is 1. The highest BCUT2D eigenvalue weighted by molar-refractivity contribution is 5.72. The van der Waals surface area contributed by atoms with Crippen LogP contribution < -0.4 is 0 Å². The van der Waals surface area contributed by atoms with Crippen LogP contribution in [0.1, 0.15) is 45.1 Å². The third kappa shape index (κ3) is 3.41. The normalized spacial score (nSPS) is 27.5. The van der Waals surface area contributed by atoms with Crippen LogP contribution in [0.2, 0.25) is 0 Å². The van der Waals surface area contributed by atoms with Crippen molar-refractivity contribution in [3.8, 4) is 0 Å². The van der Waals surface area contributed by atoms with Crippen molar-refractivity contribution in [2.75, 3.05) is 0 Å². The van der Waals surface area contributed by atoms with Gasteiger partial charge in [0, 0.05) is 5.92 Å². The average Bonchev–Trinajstić information content (AvgIpc) is 2.46. The molecule has 22 heavy (non-hydrogen) atoms. The van der Waals surface area contributed by atoms with E-state index in [1.807, 2.05) is 51.1 Å². The van der Waals surface area contributed by atoms with Crippen molar-refractivity contribution in [1.82, 2.24) is 0 Å². The average molecular weight is 302 g/mol. The van der Waals surface area contributed by atoms with E-state index in [4.69, 9.17) is 0 Å². The molecule has 0 aromatic heterocycles. The van der Waals surface area contributed by atoms with E-state index in [2.05, 4.69) is 6.58 Å². The van der Waals surface area contributed by atoms with Crippen LogP contribution in [-0.4, -0.2) is 22.3 Å². The Hall–Kier alpha value is -1.61. The first-order valence-electron chi connectivity index (χ1n) is 7.85. The Bertz CT molecular complexity index is 542. The molecule has 0 amide bonds. The van der Waals surface area contributed by atoms with Crippen LogP contribution in [0.3, 0.4) is 0 Å². The van der Waals surface area contributed by atoms with Gasteiger partial charge in [0.1, 0.15) is 0 Å². The Morgan fingerprint density at radius 1 is 1.27 bits per heavy atom. The zero-order chi connectivity index (χ0) is 16.5. The lowest BCUT2D eigenvalue weighted by Crippen LogP contribution is -2.40. The zero-order valence-electron chi connectivity index (χ0n) is 13.6. The molecule has 120 valence electrons.